The lowest BCUT2D eigenvalue weighted by atomic mass is 10.1. The predicted octanol–water partition coefficient (Wildman–Crippen LogP) is 4.87. The van der Waals surface area contributed by atoms with Crippen LogP contribution in [0.5, 0.6) is 5.75 Å². The van der Waals surface area contributed by atoms with Crippen molar-refractivity contribution < 1.29 is 18.3 Å². The zero-order chi connectivity index (χ0) is 24.4. The van der Waals surface area contributed by atoms with Crippen molar-refractivity contribution in [1.29, 1.82) is 0 Å². The highest BCUT2D eigenvalue weighted by molar-refractivity contribution is 7.17. The van der Waals surface area contributed by atoms with Gasteiger partial charge in [-0.2, -0.15) is 0 Å². The third-order valence-corrected chi connectivity index (χ3v) is 6.84. The second-order valence-electron chi connectivity index (χ2n) is 8.19. The number of amides is 1. The van der Waals surface area contributed by atoms with Crippen molar-refractivity contribution >= 4 is 39.1 Å². The van der Waals surface area contributed by atoms with E-state index >= 15 is 0 Å². The molecule has 1 aliphatic heterocycles. The third-order valence-electron chi connectivity index (χ3n) is 5.93. The lowest BCUT2D eigenvalue weighted by Gasteiger charge is -2.23. The minimum Gasteiger partial charge on any atom is -0.496 e. The molecule has 0 saturated carbocycles. The van der Waals surface area contributed by atoms with Gasteiger partial charge in [0, 0.05) is 28.6 Å². The van der Waals surface area contributed by atoms with Gasteiger partial charge in [0.15, 0.2) is 0 Å². The zero-order valence-corrected chi connectivity index (χ0v) is 19.7. The van der Waals surface area contributed by atoms with Gasteiger partial charge in [-0.25, -0.2) is 18.7 Å². The molecule has 7 nitrogen and oxygen atoms in total. The Morgan fingerprint density at radius 3 is 2.74 bits per heavy atom. The number of thiophene rings is 1. The Morgan fingerprint density at radius 2 is 1.94 bits per heavy atom. The summed E-state index contributed by atoms with van der Waals surface area (Å²) in [6, 6.07) is 9.37. The molecule has 35 heavy (non-hydrogen) atoms. The molecule has 3 heterocycles. The Balaban J connectivity index is 1.41. The van der Waals surface area contributed by atoms with Crippen LogP contribution in [0.1, 0.15) is 23.2 Å². The van der Waals surface area contributed by atoms with Gasteiger partial charge in [0.05, 0.1) is 34.8 Å². The first-order valence-electron chi connectivity index (χ1n) is 11.2. The van der Waals surface area contributed by atoms with E-state index in [1.165, 1.54) is 11.3 Å². The smallest absolute Gasteiger partial charge is 0.254 e. The van der Waals surface area contributed by atoms with Crippen LogP contribution in [-0.4, -0.2) is 42.1 Å². The van der Waals surface area contributed by atoms with Crippen molar-refractivity contribution in [2.45, 2.75) is 18.9 Å². The fraction of sp³-hybridized carbons (Fsp3) is 0.240. The molecule has 5 rings (SSSR count). The molecule has 1 aliphatic rings. The minimum absolute atomic E-state index is 0.0628. The molecule has 0 bridgehead atoms. The molecule has 180 valence electrons. The molecule has 10 heteroatoms. The molecule has 2 aromatic heterocycles. The molecule has 2 aromatic carbocycles. The second kappa shape index (κ2) is 9.93. The van der Waals surface area contributed by atoms with Gasteiger partial charge in [-0.15, -0.1) is 11.3 Å². The van der Waals surface area contributed by atoms with E-state index in [0.29, 0.717) is 11.3 Å². The summed E-state index contributed by atoms with van der Waals surface area (Å²) in [5.41, 5.74) is 1.89. The van der Waals surface area contributed by atoms with Gasteiger partial charge in [0.2, 0.25) is 5.95 Å². The number of methoxy groups -OCH3 is 1. The van der Waals surface area contributed by atoms with Crippen LogP contribution in [0.2, 0.25) is 0 Å². The highest BCUT2D eigenvalue weighted by Crippen LogP contribution is 2.38. The van der Waals surface area contributed by atoms with E-state index in [9.17, 15) is 13.6 Å². The maximum atomic E-state index is 14.9. The first kappa shape index (κ1) is 23.1. The van der Waals surface area contributed by atoms with Crippen LogP contribution in [0, 0.1) is 11.6 Å². The van der Waals surface area contributed by atoms with Crippen LogP contribution in [0.25, 0.3) is 21.3 Å². The summed E-state index contributed by atoms with van der Waals surface area (Å²) < 4.78 is 35.9. The van der Waals surface area contributed by atoms with Crippen molar-refractivity contribution in [3.63, 3.8) is 0 Å². The molecule has 1 amide bonds. The first-order valence-corrected chi connectivity index (χ1v) is 12.1. The van der Waals surface area contributed by atoms with E-state index in [2.05, 4.69) is 25.9 Å². The SMILES string of the molecule is COc1ccccc1-c1csc2cnc(Nc3cc(F)c(C(=O)NC4CCNCC4)cc3F)nc12. The molecule has 1 saturated heterocycles. The average molecular weight is 496 g/mol. The Morgan fingerprint density at radius 1 is 1.14 bits per heavy atom. The summed E-state index contributed by atoms with van der Waals surface area (Å²) in [6.45, 7) is 1.55. The molecule has 0 atom stereocenters. The van der Waals surface area contributed by atoms with Crippen molar-refractivity contribution in [2.75, 3.05) is 25.5 Å². The van der Waals surface area contributed by atoms with Crippen molar-refractivity contribution in [3.05, 3.63) is 65.2 Å². The fourth-order valence-corrected chi connectivity index (χ4v) is 4.98. The number of anilines is 2. The van der Waals surface area contributed by atoms with E-state index in [-0.39, 0.29) is 23.2 Å². The van der Waals surface area contributed by atoms with Crippen LogP contribution in [0.4, 0.5) is 20.4 Å². The van der Waals surface area contributed by atoms with Gasteiger partial charge in [-0.3, -0.25) is 4.79 Å². The Hall–Kier alpha value is -3.63. The zero-order valence-electron chi connectivity index (χ0n) is 18.9. The van der Waals surface area contributed by atoms with E-state index in [1.54, 1.807) is 13.3 Å². The molecular weight excluding hydrogens is 472 g/mol. The van der Waals surface area contributed by atoms with Crippen LogP contribution in [0.3, 0.4) is 0 Å². The van der Waals surface area contributed by atoms with Crippen LogP contribution in [-0.2, 0) is 0 Å². The molecule has 0 aliphatic carbocycles. The van der Waals surface area contributed by atoms with Gasteiger partial charge in [-0.1, -0.05) is 18.2 Å². The summed E-state index contributed by atoms with van der Waals surface area (Å²) in [4.78, 5) is 21.3. The molecule has 0 unspecified atom stereocenters. The monoisotopic (exact) mass is 495 g/mol. The summed E-state index contributed by atoms with van der Waals surface area (Å²) in [5.74, 6) is -1.42. The predicted molar refractivity (Wildman–Crippen MR) is 132 cm³/mol. The Kier molecular flexibility index (Phi) is 6.56. The number of carbonyl (C=O) groups is 1. The molecule has 3 N–H and O–H groups in total. The van der Waals surface area contributed by atoms with E-state index in [4.69, 9.17) is 4.74 Å². The first-order chi connectivity index (χ1) is 17.0. The normalized spacial score (nSPS) is 14.1. The number of benzene rings is 2. The highest BCUT2D eigenvalue weighted by Gasteiger charge is 2.21. The van der Waals surface area contributed by atoms with E-state index in [1.807, 2.05) is 29.6 Å². The Bertz CT molecular complexity index is 1390. The third kappa shape index (κ3) is 4.80. The highest BCUT2D eigenvalue weighted by atomic mass is 32.1. The fourth-order valence-electron chi connectivity index (χ4n) is 4.11. The topological polar surface area (TPSA) is 88.2 Å². The van der Waals surface area contributed by atoms with Crippen LogP contribution < -0.4 is 20.7 Å². The van der Waals surface area contributed by atoms with Crippen molar-refractivity contribution in [3.8, 4) is 16.9 Å². The van der Waals surface area contributed by atoms with Crippen molar-refractivity contribution in [2.24, 2.45) is 0 Å². The maximum Gasteiger partial charge on any atom is 0.254 e. The van der Waals surface area contributed by atoms with E-state index in [0.717, 1.165) is 53.9 Å². The maximum absolute atomic E-state index is 14.9. The number of ether oxygens (including phenoxy) is 1. The summed E-state index contributed by atoms with van der Waals surface area (Å²) >= 11 is 1.48. The second-order valence-corrected chi connectivity index (χ2v) is 9.10. The number of carbonyl (C=O) groups excluding carboxylic acids is 1. The molecule has 0 spiro atoms. The van der Waals surface area contributed by atoms with Crippen molar-refractivity contribution in [1.82, 2.24) is 20.6 Å². The summed E-state index contributed by atoms with van der Waals surface area (Å²) in [7, 11) is 1.60. The number of piperidine rings is 1. The molecule has 1 fully saturated rings. The number of nitrogens with one attached hydrogen (secondary N) is 3. The Labute approximate surface area is 204 Å². The number of hydrogen-bond donors (Lipinski definition) is 3. The number of rotatable bonds is 6. The molecule has 4 aromatic rings. The minimum atomic E-state index is -0.827. The molecule has 0 radical (unpaired) electrons. The number of nitrogens with zero attached hydrogens (tertiary/aromatic N) is 2. The largest absolute Gasteiger partial charge is 0.496 e. The average Bonchev–Trinajstić information content (AvgIpc) is 3.29. The van der Waals surface area contributed by atoms with Gasteiger partial charge < -0.3 is 20.7 Å². The number of halogens is 2. The standard InChI is InChI=1S/C25H23F2N5O2S/c1-34-21-5-3-2-4-15(21)17-13-35-22-12-29-25(32-23(17)22)31-20-11-18(26)16(10-19(20)27)24(33)30-14-6-8-28-9-7-14/h2-5,10-14,28H,6-9H2,1H3,(H,30,33)(H,29,31,32). The van der Waals surface area contributed by atoms with E-state index < -0.39 is 17.5 Å². The van der Waals surface area contributed by atoms with Gasteiger partial charge in [-0.05, 0) is 38.1 Å². The molecular formula is C25H23F2N5O2S. The summed E-state index contributed by atoms with van der Waals surface area (Å²) in [6.07, 6.45) is 3.12. The van der Waals surface area contributed by atoms with Crippen LogP contribution >= 0.6 is 11.3 Å². The van der Waals surface area contributed by atoms with Gasteiger partial charge in [0.25, 0.3) is 5.91 Å². The number of para-hydroxylation sites is 1. The lowest BCUT2D eigenvalue weighted by Crippen LogP contribution is -2.43. The van der Waals surface area contributed by atoms with Gasteiger partial charge >= 0.3 is 0 Å². The summed E-state index contributed by atoms with van der Waals surface area (Å²) in [5, 5.41) is 10.7. The lowest BCUT2D eigenvalue weighted by molar-refractivity contribution is 0.0925. The number of hydrogen-bond acceptors (Lipinski definition) is 7. The number of fused-ring (bicyclic) bond motifs is 1. The number of aromatic nitrogens is 2. The van der Waals surface area contributed by atoms with Crippen LogP contribution in [0.15, 0.2) is 48.0 Å². The quantitative estimate of drug-likeness (QED) is 0.354. The van der Waals surface area contributed by atoms with Gasteiger partial charge in [0.1, 0.15) is 17.4 Å².